The van der Waals surface area contributed by atoms with Crippen molar-refractivity contribution in [2.24, 2.45) is 12.0 Å². The Hall–Kier alpha value is -2.83. The molecule has 0 saturated carbocycles. The molecule has 0 bridgehead atoms. The van der Waals surface area contributed by atoms with Gasteiger partial charge in [0.25, 0.3) is 0 Å². The quantitative estimate of drug-likeness (QED) is 0.429. The molecule has 140 valence electrons. The first kappa shape index (κ1) is 19.5. The number of benzene rings is 1. The molecule has 2 N–H and O–H groups in total. The predicted octanol–water partition coefficient (Wildman–Crippen LogP) is 1.90. The van der Waals surface area contributed by atoms with Crippen molar-refractivity contribution in [3.8, 4) is 5.75 Å². The van der Waals surface area contributed by atoms with Crippen LogP contribution >= 0.6 is 0 Å². The number of aryl methyl sites for hydroxylation is 2. The molecule has 7 heteroatoms. The fourth-order valence-corrected chi connectivity index (χ4v) is 2.50. The zero-order valence-corrected chi connectivity index (χ0v) is 16.0. The zero-order chi connectivity index (χ0) is 18.9. The second-order valence-electron chi connectivity index (χ2n) is 6.05. The van der Waals surface area contributed by atoms with E-state index in [9.17, 15) is 0 Å². The van der Waals surface area contributed by atoms with Crippen molar-refractivity contribution >= 4 is 5.96 Å². The monoisotopic (exact) mass is 356 g/mol. The van der Waals surface area contributed by atoms with Crippen LogP contribution < -0.4 is 15.4 Å². The maximum atomic E-state index is 5.44. The minimum Gasteiger partial charge on any atom is -0.496 e. The second-order valence-corrected chi connectivity index (χ2v) is 6.05. The molecule has 26 heavy (non-hydrogen) atoms. The normalized spacial score (nSPS) is 11.3. The lowest BCUT2D eigenvalue weighted by Gasteiger charge is -2.13. The van der Waals surface area contributed by atoms with Gasteiger partial charge in [-0.15, -0.1) is 16.8 Å². The van der Waals surface area contributed by atoms with Gasteiger partial charge in [0.2, 0.25) is 0 Å². The van der Waals surface area contributed by atoms with Crippen molar-refractivity contribution in [2.45, 2.75) is 26.8 Å². The van der Waals surface area contributed by atoms with E-state index in [1.807, 2.05) is 24.6 Å². The lowest BCUT2D eigenvalue weighted by atomic mass is 10.1. The van der Waals surface area contributed by atoms with Gasteiger partial charge in [0.15, 0.2) is 11.8 Å². The van der Waals surface area contributed by atoms with E-state index in [0.29, 0.717) is 13.1 Å². The van der Waals surface area contributed by atoms with Crippen molar-refractivity contribution in [3.05, 3.63) is 53.6 Å². The van der Waals surface area contributed by atoms with E-state index in [0.717, 1.165) is 36.3 Å². The van der Waals surface area contributed by atoms with E-state index in [4.69, 9.17) is 4.74 Å². The Morgan fingerprint density at radius 1 is 1.31 bits per heavy atom. The molecule has 1 heterocycles. The van der Waals surface area contributed by atoms with Crippen molar-refractivity contribution in [2.75, 3.05) is 20.2 Å². The Morgan fingerprint density at radius 3 is 2.77 bits per heavy atom. The number of guanidine groups is 1. The van der Waals surface area contributed by atoms with Gasteiger partial charge in [-0.25, -0.2) is 4.99 Å². The molecule has 0 atom stereocenters. The maximum Gasteiger partial charge on any atom is 0.191 e. The molecule has 0 aliphatic rings. The smallest absolute Gasteiger partial charge is 0.191 e. The van der Waals surface area contributed by atoms with Crippen LogP contribution in [0.2, 0.25) is 0 Å². The fourth-order valence-electron chi connectivity index (χ4n) is 2.50. The summed E-state index contributed by atoms with van der Waals surface area (Å²) in [6.45, 7) is 9.57. The van der Waals surface area contributed by atoms with Crippen LogP contribution in [0.4, 0.5) is 0 Å². The number of hydrogen-bond donors (Lipinski definition) is 2. The highest BCUT2D eigenvalue weighted by atomic mass is 16.5. The number of ether oxygens (including phenoxy) is 1. The minimum atomic E-state index is 0.456. The highest BCUT2D eigenvalue weighted by molar-refractivity contribution is 5.79. The SMILES string of the molecule is C=CCNC(=NCc1nnc(C)n1C)NCCc1cc(C)ccc1OC. The number of nitrogens with one attached hydrogen (secondary N) is 2. The Bertz CT molecular complexity index is 765. The molecule has 0 spiro atoms. The molecule has 2 rings (SSSR count). The maximum absolute atomic E-state index is 5.44. The van der Waals surface area contributed by atoms with Gasteiger partial charge in [-0.1, -0.05) is 23.8 Å². The number of hydrogen-bond acceptors (Lipinski definition) is 4. The van der Waals surface area contributed by atoms with Crippen LogP contribution in [0, 0.1) is 13.8 Å². The van der Waals surface area contributed by atoms with Crippen molar-refractivity contribution in [3.63, 3.8) is 0 Å². The van der Waals surface area contributed by atoms with Gasteiger partial charge in [0, 0.05) is 20.1 Å². The summed E-state index contributed by atoms with van der Waals surface area (Å²) >= 11 is 0. The summed E-state index contributed by atoms with van der Waals surface area (Å²) in [5, 5.41) is 14.8. The summed E-state index contributed by atoms with van der Waals surface area (Å²) in [4.78, 5) is 4.59. The molecule has 7 nitrogen and oxygen atoms in total. The standard InChI is InChI=1S/C19H28N6O/c1-6-10-20-19(22-13-18-24-23-15(3)25(18)4)21-11-9-16-12-14(2)7-8-17(16)26-5/h6-8,12H,1,9-11,13H2,2-5H3,(H2,20,21,22). The summed E-state index contributed by atoms with van der Waals surface area (Å²) in [6, 6.07) is 6.21. The highest BCUT2D eigenvalue weighted by Crippen LogP contribution is 2.19. The molecule has 0 saturated heterocycles. The highest BCUT2D eigenvalue weighted by Gasteiger charge is 2.06. The first-order chi connectivity index (χ1) is 12.5. The number of aliphatic imine (C=N–C) groups is 1. The van der Waals surface area contributed by atoms with Gasteiger partial charge >= 0.3 is 0 Å². The number of rotatable bonds is 8. The largest absolute Gasteiger partial charge is 0.496 e. The molecule has 0 fully saturated rings. The van der Waals surface area contributed by atoms with Crippen LogP contribution in [0.25, 0.3) is 0 Å². The third-order valence-corrected chi connectivity index (χ3v) is 4.10. The van der Waals surface area contributed by atoms with E-state index >= 15 is 0 Å². The average molecular weight is 356 g/mol. The summed E-state index contributed by atoms with van der Waals surface area (Å²) in [5.74, 6) is 3.32. The number of nitrogens with zero attached hydrogens (tertiary/aromatic N) is 4. The van der Waals surface area contributed by atoms with Gasteiger partial charge in [-0.2, -0.15) is 0 Å². The van der Waals surface area contributed by atoms with Gasteiger partial charge < -0.3 is 19.9 Å². The first-order valence-electron chi connectivity index (χ1n) is 8.66. The molecule has 0 radical (unpaired) electrons. The van der Waals surface area contributed by atoms with Crippen molar-refractivity contribution in [1.82, 2.24) is 25.4 Å². The van der Waals surface area contributed by atoms with E-state index in [1.54, 1.807) is 13.2 Å². The molecule has 1 aromatic carbocycles. The summed E-state index contributed by atoms with van der Waals surface area (Å²) in [7, 11) is 3.64. The molecule has 0 amide bonds. The van der Waals surface area contributed by atoms with Gasteiger partial charge in [0.1, 0.15) is 18.1 Å². The molecule has 0 aliphatic heterocycles. The summed E-state index contributed by atoms with van der Waals surface area (Å²) in [6.07, 6.45) is 2.63. The summed E-state index contributed by atoms with van der Waals surface area (Å²) in [5.41, 5.74) is 2.39. The van der Waals surface area contributed by atoms with Crippen LogP contribution in [0.15, 0.2) is 35.8 Å². The van der Waals surface area contributed by atoms with E-state index in [1.165, 1.54) is 11.1 Å². The van der Waals surface area contributed by atoms with E-state index < -0.39 is 0 Å². The van der Waals surface area contributed by atoms with Gasteiger partial charge in [-0.05, 0) is 31.9 Å². The van der Waals surface area contributed by atoms with Crippen LogP contribution in [-0.4, -0.2) is 40.9 Å². The van der Waals surface area contributed by atoms with Crippen molar-refractivity contribution in [1.29, 1.82) is 0 Å². The topological polar surface area (TPSA) is 76.4 Å². The van der Waals surface area contributed by atoms with Crippen LogP contribution in [0.1, 0.15) is 22.8 Å². The zero-order valence-electron chi connectivity index (χ0n) is 16.0. The fraction of sp³-hybridized carbons (Fsp3) is 0.421. The lowest BCUT2D eigenvalue weighted by Crippen LogP contribution is -2.38. The third kappa shape index (κ3) is 5.34. The van der Waals surface area contributed by atoms with E-state index in [2.05, 4.69) is 51.5 Å². The Morgan fingerprint density at radius 2 is 2.12 bits per heavy atom. The molecule has 0 unspecified atom stereocenters. The summed E-state index contributed by atoms with van der Waals surface area (Å²) < 4.78 is 7.38. The number of methoxy groups -OCH3 is 1. The number of aromatic nitrogens is 3. The first-order valence-corrected chi connectivity index (χ1v) is 8.66. The second kappa shape index (κ2) is 9.60. The molecular weight excluding hydrogens is 328 g/mol. The molecule has 0 aliphatic carbocycles. The molecule has 1 aromatic heterocycles. The predicted molar refractivity (Wildman–Crippen MR) is 105 cm³/mol. The Labute approximate surface area is 155 Å². The van der Waals surface area contributed by atoms with Gasteiger partial charge in [-0.3, -0.25) is 0 Å². The lowest BCUT2D eigenvalue weighted by molar-refractivity contribution is 0.409. The molecular formula is C19H28N6O. The van der Waals surface area contributed by atoms with Crippen LogP contribution in [-0.2, 0) is 20.0 Å². The van der Waals surface area contributed by atoms with E-state index in [-0.39, 0.29) is 0 Å². The molecule has 2 aromatic rings. The average Bonchev–Trinajstić information content (AvgIpc) is 2.95. The Balaban J connectivity index is 1.99. The third-order valence-electron chi connectivity index (χ3n) is 4.10. The van der Waals surface area contributed by atoms with Crippen LogP contribution in [0.5, 0.6) is 5.75 Å². The minimum absolute atomic E-state index is 0.456. The Kier molecular flexibility index (Phi) is 7.20. The van der Waals surface area contributed by atoms with Crippen molar-refractivity contribution < 1.29 is 4.74 Å². The van der Waals surface area contributed by atoms with Crippen LogP contribution in [0.3, 0.4) is 0 Å². The van der Waals surface area contributed by atoms with Gasteiger partial charge in [0.05, 0.1) is 7.11 Å².